The Morgan fingerprint density at radius 3 is 2.75 bits per heavy atom. The highest BCUT2D eigenvalue weighted by molar-refractivity contribution is 5.79. The highest BCUT2D eigenvalue weighted by atomic mass is 16.2. The second-order valence-electron chi connectivity index (χ2n) is 6.26. The second-order valence-corrected chi connectivity index (χ2v) is 6.26. The van der Waals surface area contributed by atoms with Crippen molar-refractivity contribution >= 4 is 5.91 Å². The van der Waals surface area contributed by atoms with Crippen LogP contribution in [-0.4, -0.2) is 23.4 Å². The fraction of sp³-hybridized carbons (Fsp3) is 0.588. The third kappa shape index (κ3) is 2.88. The molecule has 2 aliphatic rings. The van der Waals surface area contributed by atoms with Crippen molar-refractivity contribution in [1.29, 1.82) is 0 Å². The Kier molecular flexibility index (Phi) is 4.06. The number of hydrogen-bond acceptors (Lipinski definition) is 2. The molecule has 1 aromatic carbocycles. The van der Waals surface area contributed by atoms with Crippen LogP contribution in [0.25, 0.3) is 0 Å². The predicted octanol–water partition coefficient (Wildman–Crippen LogP) is 2.48. The van der Waals surface area contributed by atoms with Gasteiger partial charge in [0.15, 0.2) is 0 Å². The molecule has 1 amide bonds. The van der Waals surface area contributed by atoms with Crippen LogP contribution < -0.4 is 5.73 Å². The molecule has 1 fully saturated rings. The first-order chi connectivity index (χ1) is 9.74. The molecule has 0 saturated heterocycles. The van der Waals surface area contributed by atoms with Crippen molar-refractivity contribution in [2.45, 2.75) is 51.1 Å². The van der Waals surface area contributed by atoms with Crippen LogP contribution >= 0.6 is 0 Å². The van der Waals surface area contributed by atoms with E-state index in [1.54, 1.807) is 0 Å². The maximum absolute atomic E-state index is 12.7. The maximum Gasteiger partial charge on any atom is 0.226 e. The molecule has 0 radical (unpaired) electrons. The summed E-state index contributed by atoms with van der Waals surface area (Å²) in [6, 6.07) is 8.74. The van der Waals surface area contributed by atoms with Crippen molar-refractivity contribution in [3.8, 4) is 0 Å². The SMILES string of the molecule is NC1CCCC(C(=O)N2CCCc3ccccc3C2)C1. The van der Waals surface area contributed by atoms with E-state index in [2.05, 4.69) is 29.2 Å². The number of carbonyl (C=O) groups excluding carboxylic acids is 1. The van der Waals surface area contributed by atoms with Gasteiger partial charge in [0.1, 0.15) is 0 Å². The number of carbonyl (C=O) groups is 1. The van der Waals surface area contributed by atoms with E-state index in [-0.39, 0.29) is 12.0 Å². The summed E-state index contributed by atoms with van der Waals surface area (Å²) in [6.45, 7) is 1.67. The van der Waals surface area contributed by atoms with Crippen LogP contribution in [0.15, 0.2) is 24.3 Å². The largest absolute Gasteiger partial charge is 0.338 e. The Bertz CT molecular complexity index is 486. The number of benzene rings is 1. The van der Waals surface area contributed by atoms with Crippen LogP contribution in [0.2, 0.25) is 0 Å². The van der Waals surface area contributed by atoms with Gasteiger partial charge in [0.05, 0.1) is 0 Å². The van der Waals surface area contributed by atoms with Crippen molar-refractivity contribution in [2.75, 3.05) is 6.54 Å². The molecule has 1 heterocycles. The average molecular weight is 272 g/mol. The highest BCUT2D eigenvalue weighted by Crippen LogP contribution is 2.27. The monoisotopic (exact) mass is 272 g/mol. The summed E-state index contributed by atoms with van der Waals surface area (Å²) in [4.78, 5) is 14.8. The maximum atomic E-state index is 12.7. The zero-order chi connectivity index (χ0) is 13.9. The van der Waals surface area contributed by atoms with Crippen LogP contribution in [0.4, 0.5) is 0 Å². The molecule has 3 nitrogen and oxygen atoms in total. The number of nitrogens with zero attached hydrogens (tertiary/aromatic N) is 1. The van der Waals surface area contributed by atoms with Gasteiger partial charge in [-0.1, -0.05) is 30.7 Å². The Balaban J connectivity index is 1.72. The van der Waals surface area contributed by atoms with E-state index < -0.39 is 0 Å². The average Bonchev–Trinajstić information content (AvgIpc) is 2.68. The molecule has 3 rings (SSSR count). The van der Waals surface area contributed by atoms with Gasteiger partial charge in [-0.2, -0.15) is 0 Å². The minimum Gasteiger partial charge on any atom is -0.338 e. The Morgan fingerprint density at radius 1 is 1.15 bits per heavy atom. The number of rotatable bonds is 1. The van der Waals surface area contributed by atoms with E-state index in [1.807, 2.05) is 0 Å². The number of hydrogen-bond donors (Lipinski definition) is 1. The molecule has 0 bridgehead atoms. The van der Waals surface area contributed by atoms with E-state index in [4.69, 9.17) is 5.73 Å². The van der Waals surface area contributed by atoms with E-state index >= 15 is 0 Å². The van der Waals surface area contributed by atoms with E-state index in [0.29, 0.717) is 5.91 Å². The first-order valence-corrected chi connectivity index (χ1v) is 7.85. The van der Waals surface area contributed by atoms with Gasteiger partial charge in [-0.25, -0.2) is 0 Å². The molecule has 2 unspecified atom stereocenters. The molecule has 2 atom stereocenters. The zero-order valence-electron chi connectivity index (χ0n) is 12.1. The first kappa shape index (κ1) is 13.6. The molecule has 1 saturated carbocycles. The summed E-state index contributed by atoms with van der Waals surface area (Å²) in [6.07, 6.45) is 6.22. The number of amides is 1. The van der Waals surface area contributed by atoms with Gasteiger partial charge in [-0.3, -0.25) is 4.79 Å². The van der Waals surface area contributed by atoms with Crippen LogP contribution in [-0.2, 0) is 17.8 Å². The van der Waals surface area contributed by atoms with Gasteiger partial charge in [-0.05, 0) is 43.2 Å². The third-order valence-corrected chi connectivity index (χ3v) is 4.73. The molecule has 1 aliphatic carbocycles. The van der Waals surface area contributed by atoms with Crippen molar-refractivity contribution in [3.05, 3.63) is 35.4 Å². The summed E-state index contributed by atoms with van der Waals surface area (Å²) in [7, 11) is 0. The fourth-order valence-corrected chi connectivity index (χ4v) is 3.60. The van der Waals surface area contributed by atoms with Gasteiger partial charge in [0, 0.05) is 25.0 Å². The van der Waals surface area contributed by atoms with Crippen molar-refractivity contribution < 1.29 is 4.79 Å². The van der Waals surface area contributed by atoms with Crippen LogP contribution in [0.1, 0.15) is 43.2 Å². The lowest BCUT2D eigenvalue weighted by atomic mass is 9.85. The van der Waals surface area contributed by atoms with Crippen LogP contribution in [0.5, 0.6) is 0 Å². The minimum absolute atomic E-state index is 0.156. The van der Waals surface area contributed by atoms with E-state index in [9.17, 15) is 4.79 Å². The number of fused-ring (bicyclic) bond motifs is 1. The molecule has 1 aromatic rings. The molecular formula is C17H24N2O. The fourth-order valence-electron chi connectivity index (χ4n) is 3.60. The molecule has 108 valence electrons. The molecule has 1 aliphatic heterocycles. The predicted molar refractivity (Wildman–Crippen MR) is 80.1 cm³/mol. The summed E-state index contributed by atoms with van der Waals surface area (Å²) in [5.74, 6) is 0.487. The summed E-state index contributed by atoms with van der Waals surface area (Å²) >= 11 is 0. The van der Waals surface area contributed by atoms with Crippen molar-refractivity contribution in [2.24, 2.45) is 11.7 Å². The topological polar surface area (TPSA) is 46.3 Å². The molecular weight excluding hydrogens is 248 g/mol. The second kappa shape index (κ2) is 5.96. The van der Waals surface area contributed by atoms with Gasteiger partial charge in [0.2, 0.25) is 5.91 Å². The van der Waals surface area contributed by atoms with Crippen LogP contribution in [0, 0.1) is 5.92 Å². The summed E-state index contributed by atoms with van der Waals surface area (Å²) in [5.41, 5.74) is 8.75. The van der Waals surface area contributed by atoms with Crippen LogP contribution in [0.3, 0.4) is 0 Å². The smallest absolute Gasteiger partial charge is 0.226 e. The standard InChI is InChI=1S/C17H24N2O/c18-16-9-3-7-14(11-16)17(20)19-10-4-8-13-5-1-2-6-15(13)12-19/h1-2,5-6,14,16H,3-4,7-12,18H2. The molecule has 3 heteroatoms. The van der Waals surface area contributed by atoms with Crippen molar-refractivity contribution in [1.82, 2.24) is 4.90 Å². The van der Waals surface area contributed by atoms with E-state index in [1.165, 1.54) is 11.1 Å². The lowest BCUT2D eigenvalue weighted by Crippen LogP contribution is -2.40. The Labute approximate surface area is 121 Å². The normalized spacial score (nSPS) is 26.8. The van der Waals surface area contributed by atoms with E-state index in [0.717, 1.165) is 51.6 Å². The third-order valence-electron chi connectivity index (χ3n) is 4.73. The lowest BCUT2D eigenvalue weighted by Gasteiger charge is -2.31. The minimum atomic E-state index is 0.156. The summed E-state index contributed by atoms with van der Waals surface area (Å²) in [5, 5.41) is 0. The Hall–Kier alpha value is -1.35. The molecule has 20 heavy (non-hydrogen) atoms. The highest BCUT2D eigenvalue weighted by Gasteiger charge is 2.29. The Morgan fingerprint density at radius 2 is 1.95 bits per heavy atom. The zero-order valence-corrected chi connectivity index (χ0v) is 12.1. The van der Waals surface area contributed by atoms with Gasteiger partial charge < -0.3 is 10.6 Å². The summed E-state index contributed by atoms with van der Waals surface area (Å²) < 4.78 is 0. The lowest BCUT2D eigenvalue weighted by molar-refractivity contribution is -0.137. The number of aryl methyl sites for hydroxylation is 1. The number of nitrogens with two attached hydrogens (primary N) is 1. The molecule has 0 aromatic heterocycles. The van der Waals surface area contributed by atoms with Gasteiger partial charge in [-0.15, -0.1) is 0 Å². The van der Waals surface area contributed by atoms with Crippen molar-refractivity contribution in [3.63, 3.8) is 0 Å². The first-order valence-electron chi connectivity index (χ1n) is 7.85. The molecule has 2 N–H and O–H groups in total. The van der Waals surface area contributed by atoms with Gasteiger partial charge in [0.25, 0.3) is 0 Å². The quantitative estimate of drug-likeness (QED) is 0.853. The molecule has 0 spiro atoms. The van der Waals surface area contributed by atoms with Gasteiger partial charge >= 0.3 is 0 Å².